The van der Waals surface area contributed by atoms with Gasteiger partial charge >= 0.3 is 11.9 Å². The lowest BCUT2D eigenvalue weighted by Crippen LogP contribution is -2.64. The fourth-order valence-electron chi connectivity index (χ4n) is 5.01. The largest absolute Gasteiger partial charge is 0.441 e. The second-order valence-corrected chi connectivity index (χ2v) is 10.3. The fourth-order valence-corrected chi connectivity index (χ4v) is 5.14. The van der Waals surface area contributed by atoms with Crippen LogP contribution in [0.1, 0.15) is 37.8 Å². The number of hydrogen-bond acceptors (Lipinski definition) is 5. The standard InChI is InChI=1S/C29H35ClN3O4/c1-5-21-8-6-9-24(18-21)37-25-15-10-20(2)26-27(32(25)19-22-11-13-23(30)14-12-22)28(35)33(4,16-7-17-34)29(36)31(26)3/h6,8-9,11-15,18,20,34H,5,7,10,16-17,19H2,1-4H3/q+1. The Kier molecular flexibility index (Phi) is 8.07. The van der Waals surface area contributed by atoms with E-state index >= 15 is 0 Å². The second-order valence-electron chi connectivity index (χ2n) is 9.87. The zero-order valence-electron chi connectivity index (χ0n) is 21.9. The normalized spacial score (nSPS) is 22.1. The second kappa shape index (κ2) is 11.1. The van der Waals surface area contributed by atoms with E-state index in [1.807, 2.05) is 60.4 Å². The minimum absolute atomic E-state index is 0.0877. The number of imide groups is 1. The molecule has 2 heterocycles. The highest BCUT2D eigenvalue weighted by molar-refractivity contribution is 6.30. The van der Waals surface area contributed by atoms with Crippen LogP contribution in [0.25, 0.3) is 0 Å². The van der Waals surface area contributed by atoms with Gasteiger partial charge in [0.15, 0.2) is 11.6 Å². The predicted molar refractivity (Wildman–Crippen MR) is 143 cm³/mol. The van der Waals surface area contributed by atoms with Crippen LogP contribution in [0.2, 0.25) is 5.02 Å². The van der Waals surface area contributed by atoms with Crippen molar-refractivity contribution >= 4 is 23.5 Å². The third kappa shape index (κ3) is 5.30. The van der Waals surface area contributed by atoms with E-state index in [9.17, 15) is 14.7 Å². The van der Waals surface area contributed by atoms with Crippen LogP contribution >= 0.6 is 11.6 Å². The number of rotatable bonds is 8. The smallest absolute Gasteiger partial charge is 0.430 e. The minimum Gasteiger partial charge on any atom is -0.441 e. The molecule has 7 nitrogen and oxygen atoms in total. The van der Waals surface area contributed by atoms with Crippen LogP contribution in [-0.4, -0.2) is 58.6 Å². The molecule has 196 valence electrons. The summed E-state index contributed by atoms with van der Waals surface area (Å²) in [5.41, 5.74) is 3.22. The van der Waals surface area contributed by atoms with Gasteiger partial charge in [0.05, 0.1) is 25.8 Å². The molecule has 0 radical (unpaired) electrons. The molecule has 2 aromatic carbocycles. The summed E-state index contributed by atoms with van der Waals surface area (Å²) in [6, 6.07) is 15.1. The van der Waals surface area contributed by atoms with Crippen LogP contribution < -0.4 is 4.74 Å². The zero-order chi connectivity index (χ0) is 26.7. The van der Waals surface area contributed by atoms with E-state index in [-0.39, 0.29) is 31.0 Å². The van der Waals surface area contributed by atoms with Crippen LogP contribution in [0, 0.1) is 5.92 Å². The molecule has 37 heavy (non-hydrogen) atoms. The number of halogens is 1. The van der Waals surface area contributed by atoms with Crippen molar-refractivity contribution in [1.29, 1.82) is 0 Å². The van der Waals surface area contributed by atoms with Crippen molar-refractivity contribution in [1.82, 2.24) is 9.80 Å². The molecule has 0 saturated heterocycles. The van der Waals surface area contributed by atoms with E-state index in [1.54, 1.807) is 19.0 Å². The average Bonchev–Trinajstić information content (AvgIpc) is 3.03. The van der Waals surface area contributed by atoms with Crippen molar-refractivity contribution in [2.24, 2.45) is 5.92 Å². The van der Waals surface area contributed by atoms with E-state index in [0.717, 1.165) is 17.5 Å². The summed E-state index contributed by atoms with van der Waals surface area (Å²) in [6.45, 7) is 4.57. The van der Waals surface area contributed by atoms with Crippen molar-refractivity contribution in [3.8, 4) is 5.75 Å². The molecule has 4 rings (SSSR count). The number of aliphatic hydroxyl groups is 1. The van der Waals surface area contributed by atoms with Gasteiger partial charge in [0.1, 0.15) is 5.75 Å². The number of quaternary nitrogens is 1. The monoisotopic (exact) mass is 524 g/mol. The third-order valence-corrected chi connectivity index (χ3v) is 7.41. The maximum absolute atomic E-state index is 14.2. The molecule has 0 bridgehead atoms. The zero-order valence-corrected chi connectivity index (χ0v) is 22.7. The van der Waals surface area contributed by atoms with Crippen LogP contribution in [0.4, 0.5) is 4.79 Å². The molecule has 3 amide bonds. The summed E-state index contributed by atoms with van der Waals surface area (Å²) in [5.74, 6) is 0.847. The predicted octanol–water partition coefficient (Wildman–Crippen LogP) is 5.30. The lowest BCUT2D eigenvalue weighted by atomic mass is 9.98. The Morgan fingerprint density at radius 2 is 1.86 bits per heavy atom. The Morgan fingerprint density at radius 3 is 2.54 bits per heavy atom. The number of aryl methyl sites for hydroxylation is 1. The van der Waals surface area contributed by atoms with Crippen molar-refractivity contribution in [2.45, 2.75) is 39.7 Å². The molecule has 2 aromatic rings. The number of aliphatic hydroxyl groups excluding tert-OH is 1. The first kappa shape index (κ1) is 26.9. The maximum atomic E-state index is 14.2. The number of benzene rings is 2. The van der Waals surface area contributed by atoms with Crippen LogP contribution in [0.15, 0.2) is 71.9 Å². The topological polar surface area (TPSA) is 70.1 Å². The number of amides is 3. The number of carbonyl (C=O) groups is 2. The Morgan fingerprint density at radius 1 is 1.14 bits per heavy atom. The summed E-state index contributed by atoms with van der Waals surface area (Å²) in [5, 5.41) is 10.1. The highest BCUT2D eigenvalue weighted by Gasteiger charge is 2.53. The van der Waals surface area contributed by atoms with Gasteiger partial charge in [-0.3, -0.25) is 9.80 Å². The van der Waals surface area contributed by atoms with Gasteiger partial charge in [0.25, 0.3) is 0 Å². The summed E-state index contributed by atoms with van der Waals surface area (Å²) in [7, 11) is 3.36. The first-order valence-electron chi connectivity index (χ1n) is 12.7. The van der Waals surface area contributed by atoms with Gasteiger partial charge in [-0.05, 0) is 54.3 Å². The average molecular weight is 525 g/mol. The van der Waals surface area contributed by atoms with Gasteiger partial charge in [-0.25, -0.2) is 9.59 Å². The Bertz CT molecular complexity index is 1240. The third-order valence-electron chi connectivity index (χ3n) is 7.16. The Labute approximate surface area is 223 Å². The molecule has 0 saturated carbocycles. The van der Waals surface area contributed by atoms with Crippen LogP contribution in [-0.2, 0) is 17.8 Å². The highest BCUT2D eigenvalue weighted by Crippen LogP contribution is 2.39. The maximum Gasteiger partial charge on any atom is 0.430 e. The van der Waals surface area contributed by atoms with Crippen LogP contribution in [0.5, 0.6) is 5.75 Å². The number of urea groups is 1. The van der Waals surface area contributed by atoms with Crippen molar-refractivity contribution < 1.29 is 23.9 Å². The van der Waals surface area contributed by atoms with Gasteiger partial charge in [-0.2, -0.15) is 4.48 Å². The lowest BCUT2D eigenvalue weighted by Gasteiger charge is -2.42. The quantitative estimate of drug-likeness (QED) is 0.475. The highest BCUT2D eigenvalue weighted by atomic mass is 35.5. The molecule has 0 aliphatic carbocycles. The fraction of sp³-hybridized carbons (Fsp3) is 0.379. The van der Waals surface area contributed by atoms with Gasteiger partial charge in [0.2, 0.25) is 0 Å². The van der Waals surface area contributed by atoms with E-state index in [0.29, 0.717) is 47.4 Å². The molecule has 0 fully saturated rings. The molecule has 2 unspecified atom stereocenters. The first-order chi connectivity index (χ1) is 17.7. The first-order valence-corrected chi connectivity index (χ1v) is 13.1. The summed E-state index contributed by atoms with van der Waals surface area (Å²) >= 11 is 6.14. The van der Waals surface area contributed by atoms with Gasteiger partial charge in [-0.15, -0.1) is 0 Å². The SMILES string of the molecule is CCc1cccc(OC2=CCC(C)C3=C(C(=O)[N+](C)(CCCO)C(=O)N3C)N2Cc2ccc(Cl)cc2)c1. The van der Waals surface area contributed by atoms with Crippen molar-refractivity contribution in [3.63, 3.8) is 0 Å². The number of ether oxygens (including phenoxy) is 1. The van der Waals surface area contributed by atoms with E-state index in [1.165, 1.54) is 0 Å². The molecule has 2 atom stereocenters. The molecular formula is C29H35ClN3O4+. The molecule has 1 N–H and O–H groups in total. The number of nitrogens with zero attached hydrogens (tertiary/aromatic N) is 3. The summed E-state index contributed by atoms with van der Waals surface area (Å²) in [6.07, 6.45) is 3.81. The Hall–Kier alpha value is -3.13. The Balaban J connectivity index is 1.85. The van der Waals surface area contributed by atoms with E-state index in [4.69, 9.17) is 16.3 Å². The van der Waals surface area contributed by atoms with Crippen molar-refractivity contribution in [3.05, 3.63) is 88.0 Å². The van der Waals surface area contributed by atoms with Gasteiger partial charge in [0, 0.05) is 31.0 Å². The van der Waals surface area contributed by atoms with Gasteiger partial charge in [-0.1, -0.05) is 49.7 Å². The summed E-state index contributed by atoms with van der Waals surface area (Å²) in [4.78, 5) is 31.2. The van der Waals surface area contributed by atoms with E-state index < -0.39 is 4.48 Å². The molecule has 0 spiro atoms. The molecule has 2 aliphatic heterocycles. The number of allylic oxidation sites excluding steroid dienone is 2. The number of likely N-dealkylation sites (N-methyl/N-ethyl adjacent to an activating group) is 1. The van der Waals surface area contributed by atoms with Crippen LogP contribution in [0.3, 0.4) is 0 Å². The number of hydrogen-bond donors (Lipinski definition) is 1. The van der Waals surface area contributed by atoms with Crippen molar-refractivity contribution in [2.75, 3.05) is 27.2 Å². The molecule has 8 heteroatoms. The molecule has 0 aromatic heterocycles. The van der Waals surface area contributed by atoms with Gasteiger partial charge < -0.3 is 9.84 Å². The van der Waals surface area contributed by atoms with E-state index in [2.05, 4.69) is 13.0 Å². The summed E-state index contributed by atoms with van der Waals surface area (Å²) < 4.78 is 6.02. The molecular weight excluding hydrogens is 490 g/mol. The number of carbonyl (C=O) groups excluding carboxylic acids is 2. The lowest BCUT2D eigenvalue weighted by molar-refractivity contribution is -0.756. The minimum atomic E-state index is -0.446. The molecule has 2 aliphatic rings.